The third kappa shape index (κ3) is 25.2. The van der Waals surface area contributed by atoms with Crippen LogP contribution in [0.25, 0.3) is 0 Å². The fourth-order valence-corrected chi connectivity index (χ4v) is 3.66. The second-order valence-corrected chi connectivity index (χ2v) is 9.14. The lowest BCUT2D eigenvalue weighted by Crippen LogP contribution is -2.09. The lowest BCUT2D eigenvalue weighted by molar-refractivity contribution is 0.0529. The zero-order valence-corrected chi connectivity index (χ0v) is 20.2. The number of unbranched alkanes of at least 4 members (excludes halogenated alkanes) is 16. The van der Waals surface area contributed by atoms with E-state index in [1.807, 2.05) is 0 Å². The van der Waals surface area contributed by atoms with Crippen LogP contribution in [0.4, 0.5) is 4.79 Å². The van der Waals surface area contributed by atoms with E-state index in [0.717, 1.165) is 31.6 Å². The maximum absolute atomic E-state index is 11.5. The Morgan fingerprint density at radius 2 is 0.897 bits per heavy atom. The van der Waals surface area contributed by atoms with Gasteiger partial charge in [0.1, 0.15) is 0 Å². The molecule has 0 fully saturated rings. The molecule has 0 heterocycles. The van der Waals surface area contributed by atoms with Crippen molar-refractivity contribution < 1.29 is 14.3 Å². The van der Waals surface area contributed by atoms with Gasteiger partial charge in [-0.25, -0.2) is 4.79 Å². The third-order valence-corrected chi connectivity index (χ3v) is 5.61. The van der Waals surface area contributed by atoms with Crippen LogP contribution in [0.15, 0.2) is 0 Å². The van der Waals surface area contributed by atoms with Crippen LogP contribution in [0.3, 0.4) is 0 Å². The molecule has 0 bridgehead atoms. The van der Waals surface area contributed by atoms with E-state index in [1.54, 1.807) is 0 Å². The van der Waals surface area contributed by atoms with Gasteiger partial charge in [-0.3, -0.25) is 0 Å². The minimum absolute atomic E-state index is 0.480. The van der Waals surface area contributed by atoms with Crippen LogP contribution in [-0.2, 0) is 9.47 Å². The van der Waals surface area contributed by atoms with Gasteiger partial charge in [-0.2, -0.15) is 0 Å². The molecule has 0 saturated heterocycles. The van der Waals surface area contributed by atoms with E-state index in [4.69, 9.17) is 9.47 Å². The monoisotopic (exact) mass is 412 g/mol. The van der Waals surface area contributed by atoms with E-state index in [9.17, 15) is 4.79 Å². The number of hydrogen-bond donors (Lipinski definition) is 0. The van der Waals surface area contributed by atoms with Gasteiger partial charge in [0.2, 0.25) is 0 Å². The van der Waals surface area contributed by atoms with E-state index in [1.165, 1.54) is 96.3 Å². The number of carbonyl (C=O) groups is 1. The lowest BCUT2D eigenvalue weighted by Gasteiger charge is -2.07. The summed E-state index contributed by atoms with van der Waals surface area (Å²) in [6, 6.07) is 0. The summed E-state index contributed by atoms with van der Waals surface area (Å²) in [7, 11) is 0. The highest BCUT2D eigenvalue weighted by Crippen LogP contribution is 2.13. The molecule has 0 aliphatic carbocycles. The molecule has 0 spiro atoms. The van der Waals surface area contributed by atoms with Crippen molar-refractivity contribution >= 4 is 6.16 Å². The summed E-state index contributed by atoms with van der Waals surface area (Å²) >= 11 is 0. The number of hydrogen-bond acceptors (Lipinski definition) is 3. The molecule has 0 aromatic heterocycles. The molecule has 0 aliphatic rings. The van der Waals surface area contributed by atoms with E-state index < -0.39 is 6.16 Å². The highest BCUT2D eigenvalue weighted by Gasteiger charge is 2.03. The second kappa shape index (κ2) is 23.5. The molecule has 0 aromatic rings. The first-order valence-corrected chi connectivity index (χ1v) is 13.0. The van der Waals surface area contributed by atoms with Crippen LogP contribution in [-0.4, -0.2) is 19.4 Å². The van der Waals surface area contributed by atoms with Gasteiger partial charge >= 0.3 is 6.16 Å². The molecule has 29 heavy (non-hydrogen) atoms. The molecule has 0 saturated carbocycles. The molecule has 3 nitrogen and oxygen atoms in total. The fraction of sp³-hybridized carbons (Fsp3) is 0.962. The summed E-state index contributed by atoms with van der Waals surface area (Å²) in [5.41, 5.74) is 0. The topological polar surface area (TPSA) is 35.5 Å². The molecule has 3 heteroatoms. The molecule has 174 valence electrons. The normalized spacial score (nSPS) is 11.2. The highest BCUT2D eigenvalue weighted by molar-refractivity contribution is 5.59. The summed E-state index contributed by atoms with van der Waals surface area (Å²) in [5, 5.41) is 0. The second-order valence-electron chi connectivity index (χ2n) is 9.14. The van der Waals surface area contributed by atoms with Crippen molar-refractivity contribution in [3.63, 3.8) is 0 Å². The minimum Gasteiger partial charge on any atom is -0.434 e. The summed E-state index contributed by atoms with van der Waals surface area (Å²) in [4.78, 5) is 11.5. The molecule has 0 aromatic carbocycles. The highest BCUT2D eigenvalue weighted by atomic mass is 16.7. The predicted octanol–water partition coefficient (Wildman–Crippen LogP) is 9.23. The molecule has 0 amide bonds. The molecule has 0 radical (unpaired) electrons. The molecule has 0 aliphatic heterocycles. The van der Waals surface area contributed by atoms with Gasteiger partial charge < -0.3 is 9.47 Å². The molecular formula is C26H52O3. The Bertz CT molecular complexity index is 328. The average molecular weight is 413 g/mol. The minimum atomic E-state index is -0.480. The largest absolute Gasteiger partial charge is 0.508 e. The van der Waals surface area contributed by atoms with Crippen molar-refractivity contribution in [1.29, 1.82) is 0 Å². The van der Waals surface area contributed by atoms with Crippen LogP contribution >= 0.6 is 0 Å². The maximum Gasteiger partial charge on any atom is 0.508 e. The van der Waals surface area contributed by atoms with Gasteiger partial charge in [0.25, 0.3) is 0 Å². The van der Waals surface area contributed by atoms with Crippen LogP contribution in [0.2, 0.25) is 0 Å². The number of rotatable bonds is 22. The molecule has 0 atom stereocenters. The standard InChI is InChI=1S/C26H52O3/c1-4-5-6-7-8-9-11-14-17-20-23-28-26(27)29-24-21-18-15-12-10-13-16-19-22-25(2)3/h25H,4-24H2,1-3H3. The van der Waals surface area contributed by atoms with Crippen LogP contribution in [0.5, 0.6) is 0 Å². The van der Waals surface area contributed by atoms with E-state index in [0.29, 0.717) is 13.2 Å². The van der Waals surface area contributed by atoms with Crippen molar-refractivity contribution in [1.82, 2.24) is 0 Å². The van der Waals surface area contributed by atoms with Gasteiger partial charge in [-0.1, -0.05) is 130 Å². The van der Waals surface area contributed by atoms with Crippen molar-refractivity contribution in [3.05, 3.63) is 0 Å². The smallest absolute Gasteiger partial charge is 0.434 e. The fourth-order valence-electron chi connectivity index (χ4n) is 3.66. The Labute approximate surface area is 182 Å². The van der Waals surface area contributed by atoms with Crippen molar-refractivity contribution in [2.75, 3.05) is 13.2 Å². The van der Waals surface area contributed by atoms with Gasteiger partial charge in [0, 0.05) is 0 Å². The molecular weight excluding hydrogens is 360 g/mol. The van der Waals surface area contributed by atoms with Gasteiger partial charge in [0.05, 0.1) is 13.2 Å². The van der Waals surface area contributed by atoms with Crippen molar-refractivity contribution in [3.8, 4) is 0 Å². The summed E-state index contributed by atoms with van der Waals surface area (Å²) < 4.78 is 10.3. The molecule has 0 N–H and O–H groups in total. The molecule has 0 rings (SSSR count). The number of ether oxygens (including phenoxy) is 2. The van der Waals surface area contributed by atoms with Gasteiger partial charge in [-0.15, -0.1) is 0 Å². The third-order valence-electron chi connectivity index (χ3n) is 5.61. The quantitative estimate of drug-likeness (QED) is 0.131. The summed E-state index contributed by atoms with van der Waals surface area (Å²) in [6.07, 6.45) is 23.9. The van der Waals surface area contributed by atoms with Crippen molar-refractivity contribution in [2.45, 2.75) is 143 Å². The van der Waals surface area contributed by atoms with Crippen LogP contribution in [0.1, 0.15) is 143 Å². The van der Waals surface area contributed by atoms with Crippen molar-refractivity contribution in [2.24, 2.45) is 5.92 Å². The summed E-state index contributed by atoms with van der Waals surface area (Å²) in [6.45, 7) is 7.87. The lowest BCUT2D eigenvalue weighted by atomic mass is 10.0. The van der Waals surface area contributed by atoms with E-state index in [2.05, 4.69) is 20.8 Å². The maximum atomic E-state index is 11.5. The zero-order valence-electron chi connectivity index (χ0n) is 20.2. The Morgan fingerprint density at radius 1 is 0.552 bits per heavy atom. The Hall–Kier alpha value is -0.730. The van der Waals surface area contributed by atoms with Crippen LogP contribution < -0.4 is 0 Å². The first kappa shape index (κ1) is 28.3. The SMILES string of the molecule is CCCCCCCCCCCCOC(=O)OCCCCCCCCCCC(C)C. The molecule has 0 unspecified atom stereocenters. The summed E-state index contributed by atoms with van der Waals surface area (Å²) in [5.74, 6) is 0.844. The van der Waals surface area contributed by atoms with Gasteiger partial charge in [-0.05, 0) is 18.8 Å². The Morgan fingerprint density at radius 3 is 1.28 bits per heavy atom. The predicted molar refractivity (Wildman–Crippen MR) is 126 cm³/mol. The first-order valence-electron chi connectivity index (χ1n) is 13.0. The van der Waals surface area contributed by atoms with E-state index in [-0.39, 0.29) is 0 Å². The van der Waals surface area contributed by atoms with Crippen LogP contribution in [0, 0.1) is 5.92 Å². The Kier molecular flexibility index (Phi) is 23.0. The average Bonchev–Trinajstić information content (AvgIpc) is 2.70. The Balaban J connectivity index is 3.15. The van der Waals surface area contributed by atoms with Gasteiger partial charge in [0.15, 0.2) is 0 Å². The zero-order chi connectivity index (χ0) is 21.4. The van der Waals surface area contributed by atoms with E-state index >= 15 is 0 Å². The number of carbonyl (C=O) groups excluding carboxylic acids is 1. The first-order chi connectivity index (χ1) is 14.2.